The SMILES string of the molecule is Cc1cccc(C)c1OCc1nnc(CC(=O)O)o1. The smallest absolute Gasteiger partial charge is 0.312 e. The number of hydrogen-bond donors (Lipinski definition) is 1. The lowest BCUT2D eigenvalue weighted by Gasteiger charge is -2.09. The molecule has 0 atom stereocenters. The number of aliphatic carboxylic acids is 1. The first-order chi connectivity index (χ1) is 9.06. The summed E-state index contributed by atoms with van der Waals surface area (Å²) in [6, 6.07) is 5.85. The average Bonchev–Trinajstić information content (AvgIpc) is 2.75. The Morgan fingerprint density at radius 3 is 2.53 bits per heavy atom. The van der Waals surface area contributed by atoms with E-state index in [0.717, 1.165) is 16.9 Å². The standard InChI is InChI=1S/C13H14N2O4/c1-8-4-3-5-9(2)13(8)18-7-11-15-14-10(19-11)6-12(16)17/h3-5H,6-7H2,1-2H3,(H,16,17). The summed E-state index contributed by atoms with van der Waals surface area (Å²) in [5, 5.41) is 16.0. The summed E-state index contributed by atoms with van der Waals surface area (Å²) >= 11 is 0. The van der Waals surface area contributed by atoms with Crippen LogP contribution >= 0.6 is 0 Å². The molecule has 19 heavy (non-hydrogen) atoms. The predicted octanol–water partition coefficient (Wildman–Crippen LogP) is 1.89. The van der Waals surface area contributed by atoms with E-state index in [4.69, 9.17) is 14.3 Å². The second-order valence-electron chi connectivity index (χ2n) is 4.17. The van der Waals surface area contributed by atoms with Gasteiger partial charge in [-0.25, -0.2) is 0 Å². The molecule has 0 aliphatic carbocycles. The van der Waals surface area contributed by atoms with Crippen molar-refractivity contribution in [3.63, 3.8) is 0 Å². The first-order valence-electron chi connectivity index (χ1n) is 5.78. The minimum Gasteiger partial charge on any atom is -0.483 e. The maximum Gasteiger partial charge on any atom is 0.312 e. The topological polar surface area (TPSA) is 85.5 Å². The van der Waals surface area contributed by atoms with Crippen molar-refractivity contribution in [2.45, 2.75) is 26.9 Å². The van der Waals surface area contributed by atoms with Gasteiger partial charge < -0.3 is 14.3 Å². The van der Waals surface area contributed by atoms with Gasteiger partial charge in [-0.05, 0) is 25.0 Å². The molecular formula is C13H14N2O4. The Balaban J connectivity index is 2.02. The summed E-state index contributed by atoms with van der Waals surface area (Å²) in [5.41, 5.74) is 2.04. The number of aromatic nitrogens is 2. The van der Waals surface area contributed by atoms with Gasteiger partial charge in [0.1, 0.15) is 12.2 Å². The van der Waals surface area contributed by atoms with E-state index in [0.29, 0.717) is 0 Å². The lowest BCUT2D eigenvalue weighted by atomic mass is 10.1. The molecule has 0 spiro atoms. The molecular weight excluding hydrogens is 248 g/mol. The van der Waals surface area contributed by atoms with E-state index >= 15 is 0 Å². The van der Waals surface area contributed by atoms with Crippen LogP contribution in [0.2, 0.25) is 0 Å². The van der Waals surface area contributed by atoms with Crippen LogP contribution in [0, 0.1) is 13.8 Å². The molecule has 0 aliphatic rings. The zero-order valence-electron chi connectivity index (χ0n) is 10.7. The molecule has 1 aromatic heterocycles. The molecule has 6 heteroatoms. The molecule has 6 nitrogen and oxygen atoms in total. The summed E-state index contributed by atoms with van der Waals surface area (Å²) in [6.07, 6.45) is -0.281. The Kier molecular flexibility index (Phi) is 3.79. The molecule has 0 aliphatic heterocycles. The second kappa shape index (κ2) is 5.51. The Labute approximate surface area is 110 Å². The summed E-state index contributed by atoms with van der Waals surface area (Å²) < 4.78 is 10.8. The first-order valence-corrected chi connectivity index (χ1v) is 5.78. The van der Waals surface area contributed by atoms with Gasteiger partial charge in [0.2, 0.25) is 5.89 Å². The van der Waals surface area contributed by atoms with Gasteiger partial charge in [0.05, 0.1) is 0 Å². The van der Waals surface area contributed by atoms with Crippen LogP contribution in [-0.2, 0) is 17.8 Å². The summed E-state index contributed by atoms with van der Waals surface area (Å²) in [5.74, 6) is 0.109. The van der Waals surface area contributed by atoms with Crippen molar-refractivity contribution >= 4 is 5.97 Å². The van der Waals surface area contributed by atoms with E-state index in [-0.39, 0.29) is 24.8 Å². The summed E-state index contributed by atoms with van der Waals surface area (Å²) in [6.45, 7) is 4.02. The minimum atomic E-state index is -1.01. The fourth-order valence-corrected chi connectivity index (χ4v) is 1.71. The number of hydrogen-bond acceptors (Lipinski definition) is 5. The van der Waals surface area contributed by atoms with Crippen LogP contribution in [0.1, 0.15) is 22.9 Å². The number of rotatable bonds is 5. The Bertz CT molecular complexity index is 572. The minimum absolute atomic E-state index is 0.0765. The van der Waals surface area contributed by atoms with Crippen LogP contribution in [0.4, 0.5) is 0 Å². The van der Waals surface area contributed by atoms with Crippen molar-refractivity contribution in [3.8, 4) is 5.75 Å². The third kappa shape index (κ3) is 3.31. The van der Waals surface area contributed by atoms with Crippen LogP contribution in [0.5, 0.6) is 5.75 Å². The van der Waals surface area contributed by atoms with Crippen molar-refractivity contribution in [2.24, 2.45) is 0 Å². The van der Waals surface area contributed by atoms with Crippen molar-refractivity contribution in [2.75, 3.05) is 0 Å². The molecule has 1 heterocycles. The summed E-state index contributed by atoms with van der Waals surface area (Å²) in [7, 11) is 0. The van der Waals surface area contributed by atoms with Crippen LogP contribution in [0.25, 0.3) is 0 Å². The number of carbonyl (C=O) groups is 1. The monoisotopic (exact) mass is 262 g/mol. The highest BCUT2D eigenvalue weighted by Gasteiger charge is 2.11. The van der Waals surface area contributed by atoms with Gasteiger partial charge in [-0.15, -0.1) is 10.2 Å². The fraction of sp³-hybridized carbons (Fsp3) is 0.308. The molecule has 1 aromatic carbocycles. The zero-order chi connectivity index (χ0) is 13.8. The number of carboxylic acids is 1. The molecule has 0 unspecified atom stereocenters. The van der Waals surface area contributed by atoms with E-state index in [9.17, 15) is 4.79 Å². The Hall–Kier alpha value is -2.37. The van der Waals surface area contributed by atoms with E-state index in [1.165, 1.54) is 0 Å². The predicted molar refractivity (Wildman–Crippen MR) is 65.9 cm³/mol. The lowest BCUT2D eigenvalue weighted by Crippen LogP contribution is -2.00. The van der Waals surface area contributed by atoms with Crippen LogP contribution < -0.4 is 4.74 Å². The molecule has 0 fully saturated rings. The van der Waals surface area contributed by atoms with Gasteiger partial charge in [-0.3, -0.25) is 4.79 Å². The highest BCUT2D eigenvalue weighted by Crippen LogP contribution is 2.23. The van der Waals surface area contributed by atoms with Crippen LogP contribution in [0.3, 0.4) is 0 Å². The van der Waals surface area contributed by atoms with Gasteiger partial charge >= 0.3 is 5.97 Å². The van der Waals surface area contributed by atoms with E-state index in [2.05, 4.69) is 10.2 Å². The molecule has 0 amide bonds. The maximum atomic E-state index is 10.5. The number of aryl methyl sites for hydroxylation is 2. The summed E-state index contributed by atoms with van der Waals surface area (Å²) in [4.78, 5) is 10.5. The largest absolute Gasteiger partial charge is 0.483 e. The van der Waals surface area contributed by atoms with E-state index < -0.39 is 5.97 Å². The quantitative estimate of drug-likeness (QED) is 0.885. The van der Waals surface area contributed by atoms with Crippen LogP contribution in [-0.4, -0.2) is 21.3 Å². The molecule has 1 N–H and O–H groups in total. The third-order valence-corrected chi connectivity index (χ3v) is 2.56. The highest BCUT2D eigenvalue weighted by atomic mass is 16.5. The Morgan fingerprint density at radius 2 is 1.89 bits per heavy atom. The highest BCUT2D eigenvalue weighted by molar-refractivity contribution is 5.68. The number of ether oxygens (including phenoxy) is 1. The molecule has 2 rings (SSSR count). The fourth-order valence-electron chi connectivity index (χ4n) is 1.71. The van der Waals surface area contributed by atoms with Gasteiger partial charge in [0, 0.05) is 0 Å². The number of para-hydroxylation sites is 1. The normalized spacial score (nSPS) is 10.4. The van der Waals surface area contributed by atoms with Gasteiger partial charge in [0.25, 0.3) is 5.89 Å². The Morgan fingerprint density at radius 1 is 1.26 bits per heavy atom. The number of nitrogens with zero attached hydrogens (tertiary/aromatic N) is 2. The van der Waals surface area contributed by atoms with E-state index in [1.807, 2.05) is 32.0 Å². The molecule has 0 saturated heterocycles. The van der Waals surface area contributed by atoms with Crippen molar-refractivity contribution in [3.05, 3.63) is 41.1 Å². The zero-order valence-corrected chi connectivity index (χ0v) is 10.7. The molecule has 0 bridgehead atoms. The van der Waals surface area contributed by atoms with Gasteiger partial charge in [-0.2, -0.15) is 0 Å². The first kappa shape index (κ1) is 13.1. The molecule has 0 radical (unpaired) electrons. The van der Waals surface area contributed by atoms with Crippen molar-refractivity contribution in [1.29, 1.82) is 0 Å². The average molecular weight is 262 g/mol. The van der Waals surface area contributed by atoms with Crippen LogP contribution in [0.15, 0.2) is 22.6 Å². The number of carboxylic acid groups (broad SMARTS) is 1. The molecule has 2 aromatic rings. The molecule has 100 valence electrons. The lowest BCUT2D eigenvalue weighted by molar-refractivity contribution is -0.136. The van der Waals surface area contributed by atoms with Crippen molar-refractivity contribution in [1.82, 2.24) is 10.2 Å². The maximum absolute atomic E-state index is 10.5. The molecule has 0 saturated carbocycles. The third-order valence-electron chi connectivity index (χ3n) is 2.56. The second-order valence-corrected chi connectivity index (χ2v) is 4.17. The van der Waals surface area contributed by atoms with Gasteiger partial charge in [0.15, 0.2) is 6.61 Å². The van der Waals surface area contributed by atoms with Gasteiger partial charge in [-0.1, -0.05) is 18.2 Å². The van der Waals surface area contributed by atoms with E-state index in [1.54, 1.807) is 0 Å². The number of benzene rings is 1. The van der Waals surface area contributed by atoms with Crippen molar-refractivity contribution < 1.29 is 19.1 Å².